The van der Waals surface area contributed by atoms with Crippen molar-refractivity contribution in [2.24, 2.45) is 0 Å². The summed E-state index contributed by atoms with van der Waals surface area (Å²) in [6, 6.07) is 9.67. The van der Waals surface area contributed by atoms with Crippen LogP contribution in [0.2, 0.25) is 15.1 Å². The van der Waals surface area contributed by atoms with Gasteiger partial charge in [0.1, 0.15) is 0 Å². The Kier molecular flexibility index (Phi) is 5.05. The van der Waals surface area contributed by atoms with Gasteiger partial charge in [-0.25, -0.2) is 4.39 Å². The van der Waals surface area contributed by atoms with E-state index in [1.165, 1.54) is 12.1 Å². The second-order valence-electron chi connectivity index (χ2n) is 3.78. The van der Waals surface area contributed by atoms with E-state index in [1.54, 1.807) is 24.3 Å². The summed E-state index contributed by atoms with van der Waals surface area (Å²) in [6.07, 6.45) is 0. The molecule has 2 rings (SSSR count). The van der Waals surface area contributed by atoms with Gasteiger partial charge in [0.05, 0.1) is 26.4 Å². The molecule has 0 saturated carbocycles. The molecule has 0 fully saturated rings. The molecule has 2 aromatic rings. The summed E-state index contributed by atoms with van der Waals surface area (Å²) >= 11 is 22.7. The normalized spacial score (nSPS) is 10.2. The van der Waals surface area contributed by atoms with Crippen LogP contribution in [0.5, 0.6) is 0 Å². The van der Waals surface area contributed by atoms with Crippen molar-refractivity contribution in [3.05, 3.63) is 57.3 Å². The highest BCUT2D eigenvalue weighted by molar-refractivity contribution is 7.80. The Bertz CT molecular complexity index is 609. The van der Waals surface area contributed by atoms with Gasteiger partial charge in [0.15, 0.2) is 10.9 Å². The van der Waals surface area contributed by atoms with E-state index in [0.717, 1.165) is 0 Å². The number of thiocarbonyl (C=S) groups is 1. The molecule has 0 heterocycles. The van der Waals surface area contributed by atoms with Gasteiger partial charge in [-0.15, -0.1) is 0 Å². The lowest BCUT2D eigenvalue weighted by molar-refractivity contribution is 0.632. The van der Waals surface area contributed by atoms with Gasteiger partial charge in [-0.2, -0.15) is 0 Å². The highest BCUT2D eigenvalue weighted by atomic mass is 35.5. The summed E-state index contributed by atoms with van der Waals surface area (Å²) in [7, 11) is 0. The Hall–Kier alpha value is -1.07. The van der Waals surface area contributed by atoms with Crippen molar-refractivity contribution < 1.29 is 4.39 Å². The smallest absolute Gasteiger partial charge is 0.175 e. The Morgan fingerprint density at radius 3 is 2.15 bits per heavy atom. The van der Waals surface area contributed by atoms with E-state index in [-0.39, 0.29) is 15.8 Å². The molecule has 0 amide bonds. The summed E-state index contributed by atoms with van der Waals surface area (Å²) in [5.74, 6) is -0.574. The third-order valence-electron chi connectivity index (χ3n) is 2.40. The van der Waals surface area contributed by atoms with Crippen LogP contribution < -0.4 is 10.6 Å². The van der Waals surface area contributed by atoms with Gasteiger partial charge in [-0.1, -0.05) is 46.9 Å². The minimum Gasteiger partial charge on any atom is -0.331 e. The largest absolute Gasteiger partial charge is 0.331 e. The Balaban J connectivity index is 2.13. The van der Waals surface area contributed by atoms with Crippen LogP contribution in [0, 0.1) is 5.82 Å². The topological polar surface area (TPSA) is 24.1 Å². The third-order valence-corrected chi connectivity index (χ3v) is 3.71. The molecule has 0 radical (unpaired) electrons. The van der Waals surface area contributed by atoms with Crippen molar-refractivity contribution in [2.45, 2.75) is 0 Å². The lowest BCUT2D eigenvalue weighted by Gasteiger charge is -2.13. The van der Waals surface area contributed by atoms with E-state index in [4.69, 9.17) is 47.0 Å². The van der Waals surface area contributed by atoms with Gasteiger partial charge in [-0.05, 0) is 36.5 Å². The molecule has 0 aliphatic heterocycles. The van der Waals surface area contributed by atoms with E-state index in [9.17, 15) is 4.39 Å². The van der Waals surface area contributed by atoms with Gasteiger partial charge >= 0.3 is 0 Å². The molecule has 0 aliphatic rings. The molecular formula is C13H8Cl3FN2S. The molecule has 7 heteroatoms. The lowest BCUT2D eigenvalue weighted by Crippen LogP contribution is -2.20. The lowest BCUT2D eigenvalue weighted by atomic mass is 10.3. The van der Waals surface area contributed by atoms with Crippen LogP contribution in [-0.4, -0.2) is 5.11 Å². The molecule has 0 atom stereocenters. The maximum atomic E-state index is 13.7. The van der Waals surface area contributed by atoms with Gasteiger partial charge in [0, 0.05) is 0 Å². The molecule has 0 aromatic heterocycles. The molecule has 2 N–H and O–H groups in total. The summed E-state index contributed by atoms with van der Waals surface area (Å²) in [5.41, 5.74) is 0.701. The molecule has 20 heavy (non-hydrogen) atoms. The van der Waals surface area contributed by atoms with Crippen molar-refractivity contribution in [2.75, 3.05) is 10.6 Å². The predicted octanol–water partition coefficient (Wildman–Crippen LogP) is 5.59. The summed E-state index contributed by atoms with van der Waals surface area (Å²) in [4.78, 5) is 0. The fourth-order valence-corrected chi connectivity index (χ4v) is 2.22. The molecule has 0 bridgehead atoms. The Morgan fingerprint density at radius 1 is 0.900 bits per heavy atom. The number of benzene rings is 2. The minimum absolute atomic E-state index is 0.0126. The van der Waals surface area contributed by atoms with E-state index < -0.39 is 5.82 Å². The van der Waals surface area contributed by atoms with Gasteiger partial charge in [0.25, 0.3) is 0 Å². The Labute approximate surface area is 135 Å². The predicted molar refractivity (Wildman–Crippen MR) is 87.7 cm³/mol. The maximum absolute atomic E-state index is 13.7. The summed E-state index contributed by atoms with van der Waals surface area (Å²) < 4.78 is 13.7. The summed E-state index contributed by atoms with van der Waals surface area (Å²) in [5, 5.41) is 6.47. The molecular weight excluding hydrogens is 342 g/mol. The molecule has 104 valence electrons. The van der Waals surface area contributed by atoms with Crippen LogP contribution in [0.25, 0.3) is 0 Å². The van der Waals surface area contributed by atoms with Crippen molar-refractivity contribution in [3.8, 4) is 0 Å². The standard InChI is InChI=1S/C13H8Cl3FN2S/c14-7-3-1-5-9(11(7)16)18-13(20)19-10-6-2-4-8(15)12(10)17/h1-6H,(H2,18,19,20). The van der Waals surface area contributed by atoms with E-state index in [1.807, 2.05) is 0 Å². The quantitative estimate of drug-likeness (QED) is 0.691. The first-order valence-electron chi connectivity index (χ1n) is 5.45. The van der Waals surface area contributed by atoms with E-state index in [0.29, 0.717) is 15.7 Å². The highest BCUT2D eigenvalue weighted by Crippen LogP contribution is 2.30. The van der Waals surface area contributed by atoms with E-state index >= 15 is 0 Å². The van der Waals surface area contributed by atoms with Gasteiger partial charge in [0.2, 0.25) is 0 Å². The van der Waals surface area contributed by atoms with Crippen molar-refractivity contribution in [1.82, 2.24) is 0 Å². The van der Waals surface area contributed by atoms with Crippen LogP contribution >= 0.6 is 47.0 Å². The van der Waals surface area contributed by atoms with Crippen LogP contribution in [0.4, 0.5) is 15.8 Å². The van der Waals surface area contributed by atoms with Crippen LogP contribution in [0.3, 0.4) is 0 Å². The zero-order valence-corrected chi connectivity index (χ0v) is 13.0. The molecule has 0 aliphatic carbocycles. The zero-order chi connectivity index (χ0) is 14.7. The second kappa shape index (κ2) is 6.59. The average molecular weight is 350 g/mol. The van der Waals surface area contributed by atoms with Crippen LogP contribution in [0.15, 0.2) is 36.4 Å². The number of rotatable bonds is 2. The van der Waals surface area contributed by atoms with Crippen LogP contribution in [-0.2, 0) is 0 Å². The molecule has 0 unspecified atom stereocenters. The Morgan fingerprint density at radius 2 is 1.45 bits per heavy atom. The number of hydrogen-bond acceptors (Lipinski definition) is 1. The molecule has 2 aromatic carbocycles. The molecule has 0 saturated heterocycles. The number of anilines is 2. The van der Waals surface area contributed by atoms with Crippen molar-refractivity contribution in [1.29, 1.82) is 0 Å². The van der Waals surface area contributed by atoms with Crippen molar-refractivity contribution >= 4 is 63.5 Å². The number of nitrogens with one attached hydrogen (secondary N) is 2. The SMILES string of the molecule is Fc1c(Cl)cccc1NC(=S)Nc1cccc(Cl)c1Cl. The number of hydrogen-bond donors (Lipinski definition) is 2. The second-order valence-corrected chi connectivity index (χ2v) is 5.38. The first-order chi connectivity index (χ1) is 9.49. The van der Waals surface area contributed by atoms with E-state index in [2.05, 4.69) is 10.6 Å². The van der Waals surface area contributed by atoms with Crippen LogP contribution in [0.1, 0.15) is 0 Å². The fourth-order valence-electron chi connectivity index (χ4n) is 1.48. The first kappa shape index (κ1) is 15.3. The van der Waals surface area contributed by atoms with Crippen molar-refractivity contribution in [3.63, 3.8) is 0 Å². The van der Waals surface area contributed by atoms with Gasteiger partial charge in [-0.3, -0.25) is 0 Å². The minimum atomic E-state index is -0.574. The molecule has 2 nitrogen and oxygen atoms in total. The molecule has 0 spiro atoms. The number of halogens is 4. The van der Waals surface area contributed by atoms with Gasteiger partial charge < -0.3 is 10.6 Å². The first-order valence-corrected chi connectivity index (χ1v) is 6.99. The highest BCUT2D eigenvalue weighted by Gasteiger charge is 2.09. The fraction of sp³-hybridized carbons (Fsp3) is 0. The monoisotopic (exact) mass is 348 g/mol. The maximum Gasteiger partial charge on any atom is 0.175 e. The third kappa shape index (κ3) is 3.52. The summed E-state index contributed by atoms with van der Waals surface area (Å²) in [6.45, 7) is 0. The average Bonchev–Trinajstić information content (AvgIpc) is 2.40. The zero-order valence-electron chi connectivity index (χ0n) is 9.88.